The van der Waals surface area contributed by atoms with E-state index in [1.54, 1.807) is 6.07 Å². The standard InChI is InChI=1S/C11H12FNO2/c12-7-1-2-9-8(5-7)10(14)11(15-9)3-4-13-6-11/h1-2,5,10,13-14H,3-4,6H2. The number of rotatable bonds is 0. The third-order valence-corrected chi connectivity index (χ3v) is 3.23. The van der Waals surface area contributed by atoms with Crippen molar-refractivity contribution in [3.05, 3.63) is 29.6 Å². The molecule has 0 amide bonds. The maximum Gasteiger partial charge on any atom is 0.152 e. The molecule has 0 bridgehead atoms. The van der Waals surface area contributed by atoms with Crippen LogP contribution in [0.5, 0.6) is 5.75 Å². The van der Waals surface area contributed by atoms with Crippen LogP contribution in [0.1, 0.15) is 18.1 Å². The molecule has 2 heterocycles. The van der Waals surface area contributed by atoms with Crippen molar-refractivity contribution in [2.75, 3.05) is 13.1 Å². The van der Waals surface area contributed by atoms with Gasteiger partial charge >= 0.3 is 0 Å². The van der Waals surface area contributed by atoms with Crippen molar-refractivity contribution in [3.63, 3.8) is 0 Å². The number of hydrogen-bond donors (Lipinski definition) is 2. The maximum absolute atomic E-state index is 13.0. The zero-order chi connectivity index (χ0) is 10.5. The molecule has 1 fully saturated rings. The molecule has 80 valence electrons. The first-order valence-electron chi connectivity index (χ1n) is 5.09. The van der Waals surface area contributed by atoms with E-state index in [0.717, 1.165) is 13.0 Å². The predicted octanol–water partition coefficient (Wildman–Crippen LogP) is 0.984. The third-order valence-electron chi connectivity index (χ3n) is 3.23. The number of hydrogen-bond acceptors (Lipinski definition) is 3. The van der Waals surface area contributed by atoms with Crippen LogP contribution in [0.15, 0.2) is 18.2 Å². The molecular formula is C11H12FNO2. The molecule has 2 atom stereocenters. The molecule has 1 aromatic rings. The summed E-state index contributed by atoms with van der Waals surface area (Å²) < 4.78 is 18.8. The average Bonchev–Trinajstić information content (AvgIpc) is 2.78. The monoisotopic (exact) mass is 209 g/mol. The van der Waals surface area contributed by atoms with Gasteiger partial charge in [0, 0.05) is 18.5 Å². The van der Waals surface area contributed by atoms with Crippen molar-refractivity contribution in [1.29, 1.82) is 0 Å². The molecule has 2 aliphatic heterocycles. The molecule has 3 nitrogen and oxygen atoms in total. The molecule has 2 unspecified atom stereocenters. The number of fused-ring (bicyclic) bond motifs is 1. The van der Waals surface area contributed by atoms with Crippen LogP contribution in [0, 0.1) is 5.82 Å². The number of aliphatic hydroxyl groups excluding tert-OH is 1. The van der Waals surface area contributed by atoms with Crippen LogP contribution >= 0.6 is 0 Å². The maximum atomic E-state index is 13.0. The lowest BCUT2D eigenvalue weighted by atomic mass is 9.93. The second kappa shape index (κ2) is 2.93. The normalized spacial score (nSPS) is 33.1. The molecule has 1 spiro atoms. The van der Waals surface area contributed by atoms with Crippen LogP contribution < -0.4 is 10.1 Å². The Balaban J connectivity index is 2.04. The lowest BCUT2D eigenvalue weighted by Crippen LogP contribution is -2.40. The minimum absolute atomic E-state index is 0.334. The summed E-state index contributed by atoms with van der Waals surface area (Å²) >= 11 is 0. The Hall–Kier alpha value is -1.13. The van der Waals surface area contributed by atoms with Gasteiger partial charge in [0.2, 0.25) is 0 Å². The van der Waals surface area contributed by atoms with E-state index < -0.39 is 11.7 Å². The van der Waals surface area contributed by atoms with E-state index in [-0.39, 0.29) is 5.82 Å². The van der Waals surface area contributed by atoms with Crippen molar-refractivity contribution >= 4 is 0 Å². The van der Waals surface area contributed by atoms with Crippen LogP contribution in [0.3, 0.4) is 0 Å². The second-order valence-corrected chi connectivity index (χ2v) is 4.18. The van der Waals surface area contributed by atoms with E-state index in [4.69, 9.17) is 4.74 Å². The number of nitrogens with one attached hydrogen (secondary N) is 1. The molecule has 0 aromatic heterocycles. The molecule has 2 aliphatic rings. The topological polar surface area (TPSA) is 41.5 Å². The van der Waals surface area contributed by atoms with Gasteiger partial charge in [0.05, 0.1) is 0 Å². The van der Waals surface area contributed by atoms with Crippen molar-refractivity contribution in [1.82, 2.24) is 5.32 Å². The molecule has 1 aromatic carbocycles. The molecule has 2 N–H and O–H groups in total. The first-order valence-corrected chi connectivity index (χ1v) is 5.09. The molecule has 0 saturated carbocycles. The minimum atomic E-state index is -0.724. The molecule has 3 rings (SSSR count). The van der Waals surface area contributed by atoms with Crippen molar-refractivity contribution in [2.24, 2.45) is 0 Å². The lowest BCUT2D eigenvalue weighted by Gasteiger charge is -2.25. The summed E-state index contributed by atoms with van der Waals surface area (Å²) in [5.41, 5.74) is -0.00505. The highest BCUT2D eigenvalue weighted by Crippen LogP contribution is 2.46. The Bertz CT molecular complexity index is 402. The number of ether oxygens (including phenoxy) is 1. The second-order valence-electron chi connectivity index (χ2n) is 4.18. The highest BCUT2D eigenvalue weighted by Gasteiger charge is 2.49. The van der Waals surface area contributed by atoms with Crippen LogP contribution in [0.2, 0.25) is 0 Å². The zero-order valence-corrected chi connectivity index (χ0v) is 8.16. The molecule has 0 aliphatic carbocycles. The summed E-state index contributed by atoms with van der Waals surface area (Å²) in [5, 5.41) is 13.3. The smallest absolute Gasteiger partial charge is 0.152 e. The van der Waals surface area contributed by atoms with Gasteiger partial charge in [-0.15, -0.1) is 0 Å². The SMILES string of the molecule is OC1c2cc(F)ccc2OC12CCNC2. The predicted molar refractivity (Wildman–Crippen MR) is 52.2 cm³/mol. The van der Waals surface area contributed by atoms with Gasteiger partial charge < -0.3 is 15.2 Å². The Morgan fingerprint density at radius 2 is 2.40 bits per heavy atom. The first kappa shape index (κ1) is 9.12. The molecule has 4 heteroatoms. The van der Waals surface area contributed by atoms with Crippen molar-refractivity contribution < 1.29 is 14.2 Å². The van der Waals surface area contributed by atoms with Gasteiger partial charge in [-0.05, 0) is 24.7 Å². The number of halogens is 1. The van der Waals surface area contributed by atoms with E-state index in [1.165, 1.54) is 12.1 Å². The van der Waals surface area contributed by atoms with E-state index in [1.807, 2.05) is 0 Å². The van der Waals surface area contributed by atoms with Gasteiger partial charge in [0.25, 0.3) is 0 Å². The third kappa shape index (κ3) is 1.18. The summed E-state index contributed by atoms with van der Waals surface area (Å²) in [6.45, 7) is 1.44. The fourth-order valence-corrected chi connectivity index (χ4v) is 2.39. The van der Waals surface area contributed by atoms with Gasteiger partial charge in [0.15, 0.2) is 5.60 Å². The Morgan fingerprint density at radius 3 is 3.13 bits per heavy atom. The van der Waals surface area contributed by atoms with Crippen LogP contribution in [-0.4, -0.2) is 23.8 Å². The lowest BCUT2D eigenvalue weighted by molar-refractivity contribution is -0.0126. The van der Waals surface area contributed by atoms with Crippen LogP contribution in [0.25, 0.3) is 0 Å². The van der Waals surface area contributed by atoms with E-state index >= 15 is 0 Å². The van der Waals surface area contributed by atoms with Gasteiger partial charge in [-0.1, -0.05) is 0 Å². The zero-order valence-electron chi connectivity index (χ0n) is 8.16. The van der Waals surface area contributed by atoms with Gasteiger partial charge in [-0.25, -0.2) is 4.39 Å². The summed E-state index contributed by atoms with van der Waals surface area (Å²) in [4.78, 5) is 0. The molecule has 1 saturated heterocycles. The fourth-order valence-electron chi connectivity index (χ4n) is 2.39. The molecule has 0 radical (unpaired) electrons. The number of benzene rings is 1. The van der Waals surface area contributed by atoms with Crippen LogP contribution in [0.4, 0.5) is 4.39 Å². The molecule has 15 heavy (non-hydrogen) atoms. The summed E-state index contributed by atoms with van der Waals surface area (Å²) in [6.07, 6.45) is 0.0305. The van der Waals surface area contributed by atoms with E-state index in [9.17, 15) is 9.50 Å². The van der Waals surface area contributed by atoms with Gasteiger partial charge in [-0.3, -0.25) is 0 Å². The van der Waals surface area contributed by atoms with E-state index in [0.29, 0.717) is 17.9 Å². The number of aliphatic hydroxyl groups is 1. The Morgan fingerprint density at radius 1 is 1.53 bits per heavy atom. The fraction of sp³-hybridized carbons (Fsp3) is 0.455. The summed E-state index contributed by atoms with van der Waals surface area (Å²) in [6, 6.07) is 4.29. The van der Waals surface area contributed by atoms with E-state index in [2.05, 4.69) is 5.32 Å². The molecular weight excluding hydrogens is 197 g/mol. The summed E-state index contributed by atoms with van der Waals surface area (Å²) in [7, 11) is 0. The van der Waals surface area contributed by atoms with Crippen LogP contribution in [-0.2, 0) is 0 Å². The first-order chi connectivity index (χ1) is 7.21. The Labute approximate surface area is 86.9 Å². The largest absolute Gasteiger partial charge is 0.482 e. The summed E-state index contributed by atoms with van der Waals surface area (Å²) in [5.74, 6) is 0.270. The Kier molecular flexibility index (Phi) is 1.78. The highest BCUT2D eigenvalue weighted by molar-refractivity contribution is 5.42. The van der Waals surface area contributed by atoms with Gasteiger partial charge in [0.1, 0.15) is 17.7 Å². The average molecular weight is 209 g/mol. The highest BCUT2D eigenvalue weighted by atomic mass is 19.1. The minimum Gasteiger partial charge on any atom is -0.482 e. The van der Waals surface area contributed by atoms with Gasteiger partial charge in [-0.2, -0.15) is 0 Å². The van der Waals surface area contributed by atoms with Crippen molar-refractivity contribution in [3.8, 4) is 5.75 Å². The van der Waals surface area contributed by atoms with Crippen molar-refractivity contribution in [2.45, 2.75) is 18.1 Å². The quantitative estimate of drug-likeness (QED) is 0.669.